The minimum absolute atomic E-state index is 0.277. The molecule has 1 amide bonds. The summed E-state index contributed by atoms with van der Waals surface area (Å²) in [5.41, 5.74) is 1.19. The summed E-state index contributed by atoms with van der Waals surface area (Å²) in [6.45, 7) is 7.19. The molecular formula is C15H20N2O5S. The Labute approximate surface area is 138 Å². The lowest BCUT2D eigenvalue weighted by Crippen LogP contribution is -2.26. The number of esters is 1. The topological polar surface area (TPSA) is 77.4 Å². The predicted molar refractivity (Wildman–Crippen MR) is 86.3 cm³/mol. The number of fused-ring (bicyclic) bond motifs is 1. The lowest BCUT2D eigenvalue weighted by Gasteiger charge is -2.15. The highest BCUT2D eigenvalue weighted by Gasteiger charge is 2.33. The lowest BCUT2D eigenvalue weighted by atomic mass is 10.1. The Hall–Kier alpha value is -2.09. The van der Waals surface area contributed by atoms with E-state index < -0.39 is 5.97 Å². The van der Waals surface area contributed by atoms with E-state index in [1.165, 1.54) is 17.7 Å². The molecule has 0 fully saturated rings. The molecule has 23 heavy (non-hydrogen) atoms. The molecule has 0 N–H and O–H groups in total. The van der Waals surface area contributed by atoms with Crippen molar-refractivity contribution in [1.29, 1.82) is 0 Å². The van der Waals surface area contributed by atoms with Crippen molar-refractivity contribution >= 4 is 34.8 Å². The van der Waals surface area contributed by atoms with E-state index in [1.807, 2.05) is 6.92 Å². The van der Waals surface area contributed by atoms with Crippen molar-refractivity contribution < 1.29 is 23.8 Å². The summed E-state index contributed by atoms with van der Waals surface area (Å²) < 4.78 is 15.2. The van der Waals surface area contributed by atoms with Crippen molar-refractivity contribution in [1.82, 2.24) is 4.90 Å². The van der Waals surface area contributed by atoms with E-state index >= 15 is 0 Å². The minimum Gasteiger partial charge on any atom is -0.483 e. The summed E-state index contributed by atoms with van der Waals surface area (Å²) in [7, 11) is 0. The van der Waals surface area contributed by atoms with Crippen LogP contribution in [0.5, 0.6) is 0 Å². The fraction of sp³-hybridized carbons (Fsp3) is 0.533. The summed E-state index contributed by atoms with van der Waals surface area (Å²) in [6.07, 6.45) is 0.942. The monoisotopic (exact) mass is 340 g/mol. The number of thiophene rings is 1. The van der Waals surface area contributed by atoms with Crippen molar-refractivity contribution in [2.45, 2.75) is 33.9 Å². The van der Waals surface area contributed by atoms with Crippen molar-refractivity contribution in [2.75, 3.05) is 19.8 Å². The number of carbonyl (C=O) groups is 2. The molecule has 1 aromatic rings. The smallest absolute Gasteiger partial charge is 0.410 e. The van der Waals surface area contributed by atoms with E-state index in [9.17, 15) is 9.59 Å². The number of nitrogens with zero attached hydrogens (tertiary/aromatic N) is 2. The van der Waals surface area contributed by atoms with Crippen LogP contribution in [0.15, 0.2) is 4.99 Å². The second-order valence-electron chi connectivity index (χ2n) is 4.65. The first-order chi connectivity index (χ1) is 11.1. The molecule has 2 rings (SSSR count). The van der Waals surface area contributed by atoms with Gasteiger partial charge in [-0.3, -0.25) is 4.90 Å². The molecule has 8 heteroatoms. The quantitative estimate of drug-likeness (QED) is 0.452. The molecule has 0 spiro atoms. The van der Waals surface area contributed by atoms with Gasteiger partial charge in [-0.2, -0.15) is 0 Å². The molecule has 7 nitrogen and oxygen atoms in total. The lowest BCUT2D eigenvalue weighted by molar-refractivity contribution is 0.0525. The van der Waals surface area contributed by atoms with Crippen molar-refractivity contribution in [3.05, 3.63) is 16.0 Å². The van der Waals surface area contributed by atoms with Crippen molar-refractivity contribution in [3.63, 3.8) is 0 Å². The highest BCUT2D eigenvalue weighted by Crippen LogP contribution is 2.41. The first-order valence-corrected chi connectivity index (χ1v) is 8.31. The van der Waals surface area contributed by atoms with Crippen LogP contribution in [-0.2, 0) is 27.3 Å². The number of aliphatic imine (C=N–C) groups is 1. The van der Waals surface area contributed by atoms with Crippen LogP contribution in [0.4, 0.5) is 9.80 Å². The van der Waals surface area contributed by atoms with Crippen LogP contribution in [-0.4, -0.2) is 43.2 Å². The molecule has 1 aromatic heterocycles. The minimum atomic E-state index is -0.431. The first kappa shape index (κ1) is 17.3. The van der Waals surface area contributed by atoms with Crippen LogP contribution in [0.25, 0.3) is 0 Å². The van der Waals surface area contributed by atoms with Crippen LogP contribution in [0.2, 0.25) is 0 Å². The summed E-state index contributed by atoms with van der Waals surface area (Å²) >= 11 is 1.36. The molecule has 0 saturated carbocycles. The fourth-order valence-corrected chi connectivity index (χ4v) is 3.37. The van der Waals surface area contributed by atoms with Gasteiger partial charge in [-0.15, -0.1) is 11.3 Å². The zero-order valence-electron chi connectivity index (χ0n) is 13.5. The average molecular weight is 340 g/mol. The largest absolute Gasteiger partial charge is 0.483 e. The number of amides is 1. The van der Waals surface area contributed by atoms with Gasteiger partial charge in [0.2, 0.25) is 0 Å². The zero-order chi connectivity index (χ0) is 16.8. The Morgan fingerprint density at radius 3 is 2.57 bits per heavy atom. The molecule has 0 radical (unpaired) electrons. The average Bonchev–Trinajstić information content (AvgIpc) is 3.05. The number of hydrogen-bond acceptors (Lipinski definition) is 7. The second-order valence-corrected chi connectivity index (χ2v) is 5.73. The summed E-state index contributed by atoms with van der Waals surface area (Å²) in [4.78, 5) is 30.8. The maximum atomic E-state index is 12.3. The van der Waals surface area contributed by atoms with Gasteiger partial charge in [-0.1, -0.05) is 0 Å². The number of rotatable bonds is 6. The van der Waals surface area contributed by atoms with E-state index in [0.29, 0.717) is 36.9 Å². The van der Waals surface area contributed by atoms with Gasteiger partial charge in [-0.05, 0) is 20.8 Å². The fourth-order valence-electron chi connectivity index (χ4n) is 2.22. The second kappa shape index (κ2) is 7.96. The Morgan fingerprint density at radius 2 is 1.91 bits per heavy atom. The molecule has 1 aliphatic heterocycles. The van der Waals surface area contributed by atoms with E-state index in [-0.39, 0.29) is 12.7 Å². The summed E-state index contributed by atoms with van der Waals surface area (Å²) in [5.74, 6) is -0.431. The van der Waals surface area contributed by atoms with Crippen LogP contribution in [0.3, 0.4) is 0 Å². The molecule has 1 aliphatic rings. The number of carbonyl (C=O) groups excluding carboxylic acids is 2. The standard InChI is InChI=1S/C15H20N2O5S/c1-4-20-9-16-13-12(14(18)21-5-2)10-7-17(8-11(10)23-13)15(19)22-6-3/h9H,4-8H2,1-3H3. The first-order valence-electron chi connectivity index (χ1n) is 7.49. The van der Waals surface area contributed by atoms with Crippen LogP contribution in [0.1, 0.15) is 41.6 Å². The molecule has 126 valence electrons. The highest BCUT2D eigenvalue weighted by atomic mass is 32.1. The molecule has 0 saturated heterocycles. The van der Waals surface area contributed by atoms with E-state index in [2.05, 4.69) is 4.99 Å². The summed E-state index contributed by atoms with van der Waals surface area (Å²) in [5, 5.41) is 0.547. The van der Waals surface area contributed by atoms with Crippen molar-refractivity contribution in [3.8, 4) is 0 Å². The Morgan fingerprint density at radius 1 is 1.17 bits per heavy atom. The number of hydrogen-bond donors (Lipinski definition) is 0. The Bertz CT molecular complexity index is 611. The van der Waals surface area contributed by atoms with Gasteiger partial charge in [0.25, 0.3) is 0 Å². The molecule has 0 unspecified atom stereocenters. The summed E-state index contributed by atoms with van der Waals surface area (Å²) in [6, 6.07) is 0. The SMILES string of the molecule is CCOC=Nc1sc2c(c1C(=O)OCC)CN(C(=O)OCC)C2. The highest BCUT2D eigenvalue weighted by molar-refractivity contribution is 7.16. The third-order valence-electron chi connectivity index (χ3n) is 3.17. The van der Waals surface area contributed by atoms with E-state index in [4.69, 9.17) is 14.2 Å². The van der Waals surface area contributed by atoms with Gasteiger partial charge in [0.1, 0.15) is 10.6 Å². The van der Waals surface area contributed by atoms with Gasteiger partial charge >= 0.3 is 12.1 Å². The molecule has 0 aliphatic carbocycles. The maximum Gasteiger partial charge on any atom is 0.410 e. The van der Waals surface area contributed by atoms with Gasteiger partial charge < -0.3 is 14.2 Å². The van der Waals surface area contributed by atoms with Gasteiger partial charge in [0.15, 0.2) is 6.40 Å². The molecule has 0 aromatic carbocycles. The third-order valence-corrected chi connectivity index (χ3v) is 4.30. The molecule has 0 atom stereocenters. The molecule has 0 bridgehead atoms. The van der Waals surface area contributed by atoms with Crippen LogP contribution < -0.4 is 0 Å². The van der Waals surface area contributed by atoms with Crippen LogP contribution in [0, 0.1) is 0 Å². The van der Waals surface area contributed by atoms with Gasteiger partial charge in [0.05, 0.1) is 32.9 Å². The Balaban J connectivity index is 2.27. The van der Waals surface area contributed by atoms with E-state index in [0.717, 1.165) is 10.4 Å². The van der Waals surface area contributed by atoms with E-state index in [1.54, 1.807) is 18.7 Å². The van der Waals surface area contributed by atoms with Crippen LogP contribution >= 0.6 is 11.3 Å². The molecular weight excluding hydrogens is 320 g/mol. The van der Waals surface area contributed by atoms with Gasteiger partial charge in [0, 0.05) is 10.4 Å². The van der Waals surface area contributed by atoms with Gasteiger partial charge in [-0.25, -0.2) is 14.6 Å². The third kappa shape index (κ3) is 3.82. The Kier molecular flexibility index (Phi) is 5.97. The normalized spacial score (nSPS) is 13.3. The maximum absolute atomic E-state index is 12.3. The molecule has 2 heterocycles. The van der Waals surface area contributed by atoms with Crippen molar-refractivity contribution in [2.24, 2.45) is 4.99 Å². The zero-order valence-corrected chi connectivity index (χ0v) is 14.3. The predicted octanol–water partition coefficient (Wildman–Crippen LogP) is 3.09. The number of ether oxygens (including phenoxy) is 3.